The Bertz CT molecular complexity index is 379. The van der Waals surface area contributed by atoms with E-state index in [4.69, 9.17) is 11.6 Å². The Hall–Kier alpha value is -1.10. The molecule has 1 aromatic heterocycles. The molecule has 1 heterocycles. The Labute approximate surface area is 95.4 Å². The highest BCUT2D eigenvalue weighted by atomic mass is 35.5. The molecule has 0 aromatic carbocycles. The van der Waals surface area contributed by atoms with Gasteiger partial charge in [0.1, 0.15) is 5.78 Å². The molecule has 0 bridgehead atoms. The minimum atomic E-state index is -4.29. The third-order valence-corrected chi connectivity index (χ3v) is 2.27. The van der Waals surface area contributed by atoms with Crippen LogP contribution >= 0.6 is 11.6 Å². The van der Waals surface area contributed by atoms with Gasteiger partial charge in [0.05, 0.1) is 11.4 Å². The molecule has 0 aliphatic carbocycles. The van der Waals surface area contributed by atoms with Gasteiger partial charge in [-0.3, -0.25) is 9.78 Å². The summed E-state index contributed by atoms with van der Waals surface area (Å²) in [6.07, 6.45) is -3.18. The minimum absolute atomic E-state index is 0.0859. The number of ketones is 1. The van der Waals surface area contributed by atoms with Crippen LogP contribution in [0.25, 0.3) is 0 Å². The minimum Gasteiger partial charge on any atom is -0.299 e. The summed E-state index contributed by atoms with van der Waals surface area (Å²) in [6, 6.07) is 1.52. The molecule has 0 aliphatic heterocycles. The monoisotopic (exact) mass is 251 g/mol. The Morgan fingerprint density at radius 1 is 1.44 bits per heavy atom. The summed E-state index contributed by atoms with van der Waals surface area (Å²) in [5.74, 6) is -0.481. The van der Waals surface area contributed by atoms with E-state index in [1.165, 1.54) is 18.5 Å². The maximum absolute atomic E-state index is 11.8. The molecule has 0 radical (unpaired) electrons. The van der Waals surface area contributed by atoms with Crippen molar-refractivity contribution in [3.63, 3.8) is 0 Å². The molecule has 1 rings (SSSR count). The molecule has 0 N–H and O–H groups in total. The van der Waals surface area contributed by atoms with Crippen LogP contribution in [0.15, 0.2) is 18.5 Å². The van der Waals surface area contributed by atoms with Gasteiger partial charge >= 0.3 is 6.18 Å². The number of nitrogens with zero attached hydrogens (tertiary/aromatic N) is 1. The van der Waals surface area contributed by atoms with Crippen LogP contribution in [0.1, 0.15) is 18.4 Å². The van der Waals surface area contributed by atoms with Crippen molar-refractivity contribution in [2.45, 2.75) is 25.4 Å². The topological polar surface area (TPSA) is 30.0 Å². The summed E-state index contributed by atoms with van der Waals surface area (Å²) >= 11 is 5.72. The first kappa shape index (κ1) is 13.0. The Morgan fingerprint density at radius 2 is 2.12 bits per heavy atom. The molecule has 1 aromatic rings. The average Bonchev–Trinajstić information content (AvgIpc) is 2.18. The van der Waals surface area contributed by atoms with Gasteiger partial charge in [-0.25, -0.2) is 0 Å². The molecule has 0 unspecified atom stereocenters. The third kappa shape index (κ3) is 4.61. The van der Waals surface area contributed by atoms with Crippen molar-refractivity contribution in [3.8, 4) is 0 Å². The standard InChI is InChI=1S/C10H9ClF3NO/c11-9-6-15-4-2-7(9)5-8(16)1-3-10(12,13)14/h2,4,6H,1,3,5H2. The smallest absolute Gasteiger partial charge is 0.299 e. The fourth-order valence-electron chi connectivity index (χ4n) is 1.13. The van der Waals surface area contributed by atoms with Gasteiger partial charge < -0.3 is 0 Å². The van der Waals surface area contributed by atoms with E-state index in [0.717, 1.165) is 0 Å². The number of rotatable bonds is 4. The number of Topliss-reactive ketones (excluding diaryl/α,β-unsaturated/α-hetero) is 1. The molecular formula is C10H9ClF3NO. The normalized spacial score (nSPS) is 11.5. The van der Waals surface area contributed by atoms with E-state index >= 15 is 0 Å². The highest BCUT2D eigenvalue weighted by Crippen LogP contribution is 2.22. The molecule has 6 heteroatoms. The third-order valence-electron chi connectivity index (χ3n) is 1.93. The molecule has 16 heavy (non-hydrogen) atoms. The van der Waals surface area contributed by atoms with Crippen molar-refractivity contribution in [1.29, 1.82) is 0 Å². The van der Waals surface area contributed by atoms with E-state index in [2.05, 4.69) is 4.98 Å². The first-order chi connectivity index (χ1) is 7.38. The number of aromatic nitrogens is 1. The number of carbonyl (C=O) groups is 1. The zero-order valence-electron chi connectivity index (χ0n) is 8.22. The van der Waals surface area contributed by atoms with Gasteiger partial charge in [-0.05, 0) is 11.6 Å². The van der Waals surface area contributed by atoms with Crippen molar-refractivity contribution in [2.24, 2.45) is 0 Å². The first-order valence-electron chi connectivity index (χ1n) is 4.55. The molecular weight excluding hydrogens is 243 g/mol. The molecule has 0 aliphatic rings. The lowest BCUT2D eigenvalue weighted by Crippen LogP contribution is -2.12. The van der Waals surface area contributed by atoms with Crippen molar-refractivity contribution in [2.75, 3.05) is 0 Å². The van der Waals surface area contributed by atoms with E-state index in [-0.39, 0.29) is 6.42 Å². The number of halogens is 4. The second kappa shape index (κ2) is 5.30. The average molecular weight is 252 g/mol. The van der Waals surface area contributed by atoms with Crippen LogP contribution in [0, 0.1) is 0 Å². The van der Waals surface area contributed by atoms with Gasteiger partial charge in [-0.15, -0.1) is 0 Å². The van der Waals surface area contributed by atoms with Crippen molar-refractivity contribution in [3.05, 3.63) is 29.0 Å². The van der Waals surface area contributed by atoms with Crippen molar-refractivity contribution in [1.82, 2.24) is 4.98 Å². The maximum Gasteiger partial charge on any atom is 0.389 e. The molecule has 0 fully saturated rings. The Kier molecular flexibility index (Phi) is 4.29. The second-order valence-corrected chi connectivity index (χ2v) is 3.70. The van der Waals surface area contributed by atoms with Gasteiger partial charge in [0.25, 0.3) is 0 Å². The quantitative estimate of drug-likeness (QED) is 0.823. The number of carbonyl (C=O) groups excluding carboxylic acids is 1. The van der Waals surface area contributed by atoms with Gasteiger partial charge in [-0.2, -0.15) is 13.2 Å². The Morgan fingerprint density at radius 3 is 2.69 bits per heavy atom. The first-order valence-corrected chi connectivity index (χ1v) is 4.93. The second-order valence-electron chi connectivity index (χ2n) is 3.30. The van der Waals surface area contributed by atoms with Gasteiger partial charge in [0, 0.05) is 25.2 Å². The molecule has 2 nitrogen and oxygen atoms in total. The summed E-state index contributed by atoms with van der Waals surface area (Å²) in [4.78, 5) is 14.9. The van der Waals surface area contributed by atoms with Crippen LogP contribution in [0.2, 0.25) is 5.02 Å². The van der Waals surface area contributed by atoms with Crippen LogP contribution in [-0.4, -0.2) is 16.9 Å². The van der Waals surface area contributed by atoms with Crippen molar-refractivity contribution >= 4 is 17.4 Å². The lowest BCUT2D eigenvalue weighted by molar-refractivity contribution is -0.143. The summed E-state index contributed by atoms with van der Waals surface area (Å²) in [6.45, 7) is 0. The van der Waals surface area contributed by atoms with Gasteiger partial charge in [0.15, 0.2) is 0 Å². The maximum atomic E-state index is 11.8. The van der Waals surface area contributed by atoms with Gasteiger partial charge in [0.2, 0.25) is 0 Å². The van der Waals surface area contributed by atoms with Crippen molar-refractivity contribution < 1.29 is 18.0 Å². The highest BCUT2D eigenvalue weighted by Gasteiger charge is 2.27. The summed E-state index contributed by atoms with van der Waals surface area (Å²) in [7, 11) is 0. The van der Waals surface area contributed by atoms with Crippen LogP contribution in [-0.2, 0) is 11.2 Å². The molecule has 0 saturated heterocycles. The van der Waals surface area contributed by atoms with Crippen LogP contribution in [0.4, 0.5) is 13.2 Å². The number of alkyl halides is 3. The summed E-state index contributed by atoms with van der Waals surface area (Å²) < 4.78 is 35.5. The lowest BCUT2D eigenvalue weighted by Gasteiger charge is -2.06. The van der Waals surface area contributed by atoms with E-state index in [9.17, 15) is 18.0 Å². The van der Waals surface area contributed by atoms with E-state index < -0.39 is 24.8 Å². The molecule has 0 saturated carbocycles. The fraction of sp³-hybridized carbons (Fsp3) is 0.400. The predicted octanol–water partition coefficient (Wildman–Crippen LogP) is 3.19. The highest BCUT2D eigenvalue weighted by molar-refractivity contribution is 6.31. The molecule has 88 valence electrons. The summed E-state index contributed by atoms with van der Waals surface area (Å²) in [5, 5.41) is 0.294. The largest absolute Gasteiger partial charge is 0.389 e. The number of hydrogen-bond donors (Lipinski definition) is 0. The Balaban J connectivity index is 2.50. The molecule has 0 amide bonds. The van der Waals surface area contributed by atoms with Crippen LogP contribution < -0.4 is 0 Å². The SMILES string of the molecule is O=C(CCC(F)(F)F)Cc1ccncc1Cl. The lowest BCUT2D eigenvalue weighted by atomic mass is 10.1. The predicted molar refractivity (Wildman–Crippen MR) is 53.2 cm³/mol. The van der Waals surface area contributed by atoms with E-state index in [0.29, 0.717) is 10.6 Å². The number of pyridine rings is 1. The van der Waals surface area contributed by atoms with Crippen LogP contribution in [0.5, 0.6) is 0 Å². The van der Waals surface area contributed by atoms with Gasteiger partial charge in [-0.1, -0.05) is 11.6 Å². The fourth-order valence-corrected chi connectivity index (χ4v) is 1.32. The molecule has 0 atom stereocenters. The van der Waals surface area contributed by atoms with E-state index in [1.54, 1.807) is 0 Å². The molecule has 0 spiro atoms. The number of hydrogen-bond acceptors (Lipinski definition) is 2. The zero-order valence-corrected chi connectivity index (χ0v) is 8.98. The van der Waals surface area contributed by atoms with Crippen LogP contribution in [0.3, 0.4) is 0 Å². The van der Waals surface area contributed by atoms with E-state index in [1.807, 2.05) is 0 Å². The summed E-state index contributed by atoms with van der Waals surface area (Å²) in [5.41, 5.74) is 0.504. The zero-order chi connectivity index (χ0) is 12.2.